The van der Waals surface area contributed by atoms with Crippen molar-refractivity contribution in [3.63, 3.8) is 0 Å². The fourth-order valence-corrected chi connectivity index (χ4v) is 2.80. The molecule has 1 aromatic carbocycles. The molecule has 1 fully saturated rings. The first-order valence-electron chi connectivity index (χ1n) is 6.16. The van der Waals surface area contributed by atoms with Crippen molar-refractivity contribution in [3.8, 4) is 0 Å². The Morgan fingerprint density at radius 3 is 3.00 bits per heavy atom. The number of hydrogen-bond acceptors (Lipinski definition) is 2. The van der Waals surface area contributed by atoms with Crippen molar-refractivity contribution < 1.29 is 9.84 Å². The van der Waals surface area contributed by atoms with Gasteiger partial charge in [0.2, 0.25) is 0 Å². The summed E-state index contributed by atoms with van der Waals surface area (Å²) < 4.78 is 5.40. The van der Waals surface area contributed by atoms with E-state index in [0.717, 1.165) is 31.4 Å². The molecule has 0 radical (unpaired) electrons. The lowest BCUT2D eigenvalue weighted by Gasteiger charge is -2.12. The van der Waals surface area contributed by atoms with Crippen molar-refractivity contribution in [1.29, 1.82) is 0 Å². The van der Waals surface area contributed by atoms with Crippen LogP contribution in [0.15, 0.2) is 18.2 Å². The second kappa shape index (κ2) is 3.57. The molecule has 0 saturated heterocycles. The van der Waals surface area contributed by atoms with Gasteiger partial charge in [-0.05, 0) is 35.4 Å². The molecule has 1 N–H and O–H groups in total. The molecule has 86 valence electrons. The van der Waals surface area contributed by atoms with E-state index in [1.54, 1.807) is 0 Å². The van der Waals surface area contributed by atoms with E-state index in [9.17, 15) is 5.11 Å². The molecule has 0 spiro atoms. The Bertz CT molecular complexity index is 413. The van der Waals surface area contributed by atoms with Crippen LogP contribution in [0.1, 0.15) is 42.9 Å². The molecule has 0 aromatic heterocycles. The number of rotatable bonds is 3. The molecule has 1 aliphatic carbocycles. The Labute approximate surface area is 96.2 Å². The minimum atomic E-state index is -0.534. The largest absolute Gasteiger partial charge is 0.385 e. The summed E-state index contributed by atoms with van der Waals surface area (Å²) in [5.41, 5.74) is 3.09. The van der Waals surface area contributed by atoms with Gasteiger partial charge in [0.05, 0.1) is 18.8 Å². The number of hydrogen-bond donors (Lipinski definition) is 1. The summed E-state index contributed by atoms with van der Waals surface area (Å²) >= 11 is 0. The second-order valence-electron chi connectivity index (χ2n) is 5.09. The van der Waals surface area contributed by atoms with E-state index in [0.29, 0.717) is 12.5 Å². The standard InChI is InChI=1S/C14H18O2/c1-2-3-13-7-14(13,15)12-5-4-10-8-16-9-11(10)6-12/h4-6,13,15H,2-3,7-9H2,1H3. The van der Waals surface area contributed by atoms with Crippen molar-refractivity contribution in [2.75, 3.05) is 0 Å². The zero-order chi connectivity index (χ0) is 11.2. The summed E-state index contributed by atoms with van der Waals surface area (Å²) in [6, 6.07) is 6.32. The quantitative estimate of drug-likeness (QED) is 0.845. The average Bonchev–Trinajstić information content (AvgIpc) is 2.77. The van der Waals surface area contributed by atoms with Crippen LogP contribution in [0.25, 0.3) is 0 Å². The summed E-state index contributed by atoms with van der Waals surface area (Å²) in [7, 11) is 0. The highest BCUT2D eigenvalue weighted by Gasteiger charge is 2.53. The number of aliphatic hydroxyl groups is 1. The Morgan fingerprint density at radius 2 is 2.19 bits per heavy atom. The van der Waals surface area contributed by atoms with E-state index in [4.69, 9.17) is 4.74 Å². The molecule has 2 aliphatic rings. The molecular weight excluding hydrogens is 200 g/mol. The molecule has 2 nitrogen and oxygen atoms in total. The fourth-order valence-electron chi connectivity index (χ4n) is 2.80. The van der Waals surface area contributed by atoms with Gasteiger partial charge in [-0.3, -0.25) is 0 Å². The lowest BCUT2D eigenvalue weighted by Crippen LogP contribution is -2.09. The van der Waals surface area contributed by atoms with Crippen LogP contribution in [0.4, 0.5) is 0 Å². The highest BCUT2D eigenvalue weighted by atomic mass is 16.5. The van der Waals surface area contributed by atoms with Gasteiger partial charge in [-0.1, -0.05) is 31.5 Å². The first-order valence-corrected chi connectivity index (χ1v) is 6.16. The molecule has 1 aromatic rings. The lowest BCUT2D eigenvalue weighted by atomic mass is 9.99. The topological polar surface area (TPSA) is 29.5 Å². The van der Waals surface area contributed by atoms with Crippen molar-refractivity contribution in [2.45, 2.75) is 45.0 Å². The summed E-state index contributed by atoms with van der Waals surface area (Å²) in [5.74, 6) is 0.470. The molecule has 2 atom stereocenters. The van der Waals surface area contributed by atoms with Crippen LogP contribution in [0.3, 0.4) is 0 Å². The fraction of sp³-hybridized carbons (Fsp3) is 0.571. The first-order chi connectivity index (χ1) is 7.74. The molecule has 1 aliphatic heterocycles. The minimum absolute atomic E-state index is 0.470. The second-order valence-corrected chi connectivity index (χ2v) is 5.09. The van der Waals surface area contributed by atoms with Crippen molar-refractivity contribution in [1.82, 2.24) is 0 Å². The molecule has 16 heavy (non-hydrogen) atoms. The third-order valence-electron chi connectivity index (χ3n) is 3.93. The van der Waals surface area contributed by atoms with Gasteiger partial charge in [0.1, 0.15) is 0 Å². The molecule has 0 bridgehead atoms. The van der Waals surface area contributed by atoms with Gasteiger partial charge in [-0.2, -0.15) is 0 Å². The number of ether oxygens (including phenoxy) is 1. The van der Waals surface area contributed by atoms with Crippen molar-refractivity contribution in [2.24, 2.45) is 5.92 Å². The molecular formula is C14H18O2. The highest BCUT2D eigenvalue weighted by Crippen LogP contribution is 2.54. The smallest absolute Gasteiger partial charge is 0.0929 e. The number of fused-ring (bicyclic) bond motifs is 1. The molecule has 2 unspecified atom stereocenters. The van der Waals surface area contributed by atoms with Gasteiger partial charge in [-0.15, -0.1) is 0 Å². The predicted molar refractivity (Wildman–Crippen MR) is 61.8 cm³/mol. The molecule has 3 rings (SSSR count). The van der Waals surface area contributed by atoms with E-state index in [2.05, 4.69) is 25.1 Å². The van der Waals surface area contributed by atoms with Crippen molar-refractivity contribution >= 4 is 0 Å². The Hall–Kier alpha value is -0.860. The molecule has 2 heteroatoms. The summed E-state index contributed by atoms with van der Waals surface area (Å²) in [4.78, 5) is 0. The van der Waals surface area contributed by atoms with E-state index < -0.39 is 5.60 Å². The van der Waals surface area contributed by atoms with Gasteiger partial charge >= 0.3 is 0 Å². The van der Waals surface area contributed by atoms with Gasteiger partial charge in [0.25, 0.3) is 0 Å². The third-order valence-corrected chi connectivity index (χ3v) is 3.93. The van der Waals surface area contributed by atoms with Crippen LogP contribution < -0.4 is 0 Å². The third kappa shape index (κ3) is 1.48. The Balaban J connectivity index is 1.86. The molecule has 1 heterocycles. The lowest BCUT2D eigenvalue weighted by molar-refractivity contribution is 0.128. The molecule has 1 saturated carbocycles. The maximum atomic E-state index is 10.5. The average molecular weight is 218 g/mol. The SMILES string of the molecule is CCCC1CC1(O)c1ccc2c(c1)COC2. The summed E-state index contributed by atoms with van der Waals surface area (Å²) in [6.45, 7) is 3.61. The van der Waals surface area contributed by atoms with Crippen LogP contribution >= 0.6 is 0 Å². The first kappa shape index (κ1) is 10.3. The van der Waals surface area contributed by atoms with Gasteiger partial charge in [0, 0.05) is 0 Å². The zero-order valence-electron chi connectivity index (χ0n) is 9.70. The van der Waals surface area contributed by atoms with Crippen LogP contribution in [-0.2, 0) is 23.6 Å². The Morgan fingerprint density at radius 1 is 1.38 bits per heavy atom. The van der Waals surface area contributed by atoms with Crippen LogP contribution in [0, 0.1) is 5.92 Å². The van der Waals surface area contributed by atoms with Gasteiger partial charge in [0.15, 0.2) is 0 Å². The Kier molecular flexibility index (Phi) is 2.30. The van der Waals surface area contributed by atoms with E-state index >= 15 is 0 Å². The van der Waals surface area contributed by atoms with E-state index in [1.165, 1.54) is 11.1 Å². The van der Waals surface area contributed by atoms with Gasteiger partial charge in [-0.25, -0.2) is 0 Å². The van der Waals surface area contributed by atoms with Crippen LogP contribution in [0.5, 0.6) is 0 Å². The predicted octanol–water partition coefficient (Wildman–Crippen LogP) is 2.72. The highest BCUT2D eigenvalue weighted by molar-refractivity contribution is 5.38. The van der Waals surface area contributed by atoms with E-state index in [1.807, 2.05) is 0 Å². The summed E-state index contributed by atoms with van der Waals surface area (Å²) in [5, 5.41) is 10.5. The van der Waals surface area contributed by atoms with Crippen molar-refractivity contribution in [3.05, 3.63) is 34.9 Å². The number of benzene rings is 1. The maximum Gasteiger partial charge on any atom is 0.0929 e. The molecule has 0 amide bonds. The monoisotopic (exact) mass is 218 g/mol. The van der Waals surface area contributed by atoms with Crippen LogP contribution in [0.2, 0.25) is 0 Å². The van der Waals surface area contributed by atoms with E-state index in [-0.39, 0.29) is 0 Å². The zero-order valence-corrected chi connectivity index (χ0v) is 9.70. The van der Waals surface area contributed by atoms with Crippen LogP contribution in [-0.4, -0.2) is 5.11 Å². The normalized spacial score (nSPS) is 31.5. The summed E-state index contributed by atoms with van der Waals surface area (Å²) in [6.07, 6.45) is 3.21. The maximum absolute atomic E-state index is 10.5. The van der Waals surface area contributed by atoms with Gasteiger partial charge < -0.3 is 9.84 Å². The minimum Gasteiger partial charge on any atom is -0.385 e.